The highest BCUT2D eigenvalue weighted by molar-refractivity contribution is 6.44. The molecule has 2 rings (SSSR count). The third-order valence-corrected chi connectivity index (χ3v) is 3.95. The molecule has 0 radical (unpaired) electrons. The second-order valence-electron chi connectivity index (χ2n) is 5.87. The fourth-order valence-electron chi connectivity index (χ4n) is 2.16. The number of hydrogen-bond donors (Lipinski definition) is 2. The molecule has 0 spiro atoms. The molecule has 0 aromatic heterocycles. The quantitative estimate of drug-likeness (QED) is 0.341. The van der Waals surface area contributed by atoms with Gasteiger partial charge < -0.3 is 15.4 Å². The van der Waals surface area contributed by atoms with Crippen LogP contribution in [0, 0.1) is 0 Å². The Bertz CT molecular complexity index is 916. The Labute approximate surface area is 179 Å². The number of ether oxygens (including phenoxy) is 1. The molecule has 4 nitrogen and oxygen atoms in total. The van der Waals surface area contributed by atoms with Gasteiger partial charge in [0.2, 0.25) is 4.84 Å². The van der Waals surface area contributed by atoms with Crippen molar-refractivity contribution < 1.29 is 44.7 Å². The zero-order valence-electron chi connectivity index (χ0n) is 14.7. The minimum absolute atomic E-state index is 0.106. The highest BCUT2D eigenvalue weighted by atomic mass is 35.5. The molecule has 0 aliphatic rings. The molecule has 170 valence electrons. The Balaban J connectivity index is 2.20. The molecule has 0 saturated carbocycles. The average Bonchev–Trinajstić information content (AvgIpc) is 2.59. The molecule has 0 heterocycles. The smallest absolute Gasteiger partial charge is 0.428 e. The van der Waals surface area contributed by atoms with Crippen LogP contribution >= 0.6 is 23.2 Å². The van der Waals surface area contributed by atoms with E-state index in [1.165, 1.54) is 12.1 Å². The summed E-state index contributed by atoms with van der Waals surface area (Å²) < 4.78 is 108. The van der Waals surface area contributed by atoms with Crippen LogP contribution in [0.1, 0.15) is 11.1 Å². The fourth-order valence-corrected chi connectivity index (χ4v) is 2.25. The molecule has 0 atom stereocenters. The van der Waals surface area contributed by atoms with Gasteiger partial charge in [-0.1, -0.05) is 29.3 Å². The van der Waals surface area contributed by atoms with Gasteiger partial charge in [-0.25, -0.2) is 4.79 Å². The Hall–Kier alpha value is -2.47. The molecular formula is C17H10Cl2F8N2O2. The van der Waals surface area contributed by atoms with Gasteiger partial charge in [0, 0.05) is 17.4 Å². The topological polar surface area (TPSA) is 50.4 Å². The van der Waals surface area contributed by atoms with Crippen LogP contribution in [0.15, 0.2) is 42.5 Å². The number of alkyl halides is 10. The van der Waals surface area contributed by atoms with E-state index in [1.807, 2.05) is 5.32 Å². The van der Waals surface area contributed by atoms with E-state index < -0.39 is 51.9 Å². The summed E-state index contributed by atoms with van der Waals surface area (Å²) in [6, 6.07) is 3.58. The second-order valence-corrected chi connectivity index (χ2v) is 6.96. The van der Waals surface area contributed by atoms with E-state index in [0.29, 0.717) is 12.1 Å². The Kier molecular flexibility index (Phi) is 7.16. The van der Waals surface area contributed by atoms with Gasteiger partial charge in [-0.3, -0.25) is 0 Å². The summed E-state index contributed by atoms with van der Waals surface area (Å²) in [6.45, 7) is 0. The number of benzene rings is 2. The van der Waals surface area contributed by atoms with Crippen molar-refractivity contribution in [3.63, 3.8) is 0 Å². The lowest BCUT2D eigenvalue weighted by Crippen LogP contribution is -2.32. The maximum absolute atomic E-state index is 13.4. The number of nitrogens with one attached hydrogen (secondary N) is 2. The van der Waals surface area contributed by atoms with Crippen molar-refractivity contribution >= 4 is 40.6 Å². The van der Waals surface area contributed by atoms with Crippen LogP contribution in [-0.4, -0.2) is 17.0 Å². The summed E-state index contributed by atoms with van der Waals surface area (Å²) in [7, 11) is 0. The van der Waals surface area contributed by atoms with E-state index >= 15 is 0 Å². The van der Waals surface area contributed by atoms with E-state index in [2.05, 4.69) is 10.1 Å². The van der Waals surface area contributed by atoms with Gasteiger partial charge in [-0.15, -0.1) is 0 Å². The van der Waals surface area contributed by atoms with Crippen LogP contribution in [0.25, 0.3) is 0 Å². The number of rotatable bonds is 5. The predicted molar refractivity (Wildman–Crippen MR) is 96.6 cm³/mol. The molecule has 2 N–H and O–H groups in total. The summed E-state index contributed by atoms with van der Waals surface area (Å²) in [5.74, 6) is -0.479. The molecule has 14 heteroatoms. The zero-order chi connectivity index (χ0) is 23.6. The minimum Gasteiger partial charge on any atom is -0.430 e. The number of anilines is 2. The van der Waals surface area contributed by atoms with Crippen molar-refractivity contribution in [3.05, 3.63) is 53.6 Å². The fraction of sp³-hybridized carbons (Fsp3) is 0.235. The molecule has 0 aliphatic heterocycles. The maximum atomic E-state index is 13.4. The lowest BCUT2D eigenvalue weighted by molar-refractivity contribution is -0.163. The first-order valence-corrected chi connectivity index (χ1v) is 8.78. The summed E-state index contributed by atoms with van der Waals surface area (Å²) in [4.78, 5) is 9.78. The molecular weight excluding hydrogens is 487 g/mol. The molecule has 2 aromatic rings. The Morgan fingerprint density at radius 1 is 0.806 bits per heavy atom. The summed E-state index contributed by atoms with van der Waals surface area (Å²) in [6.07, 6.45) is -14.2. The van der Waals surface area contributed by atoms with Gasteiger partial charge in [-0.2, -0.15) is 35.1 Å². The van der Waals surface area contributed by atoms with Gasteiger partial charge >= 0.3 is 24.5 Å². The normalized spacial score (nSPS) is 12.6. The number of urea groups is 1. The van der Waals surface area contributed by atoms with Gasteiger partial charge in [0.05, 0.1) is 11.1 Å². The summed E-state index contributed by atoms with van der Waals surface area (Å²) in [5.41, 5.74) is -4.24. The van der Waals surface area contributed by atoms with Crippen molar-refractivity contribution in [3.8, 4) is 5.75 Å². The lowest BCUT2D eigenvalue weighted by atomic mass is 10.1. The van der Waals surface area contributed by atoms with E-state index in [1.54, 1.807) is 0 Å². The third kappa shape index (κ3) is 7.03. The third-order valence-electron chi connectivity index (χ3n) is 3.45. The van der Waals surface area contributed by atoms with Crippen molar-refractivity contribution in [2.75, 3.05) is 10.6 Å². The highest BCUT2D eigenvalue weighted by Gasteiger charge is 2.40. The van der Waals surface area contributed by atoms with Crippen LogP contribution in [0.2, 0.25) is 0 Å². The molecule has 0 fully saturated rings. The van der Waals surface area contributed by atoms with Gasteiger partial charge in [0.1, 0.15) is 5.75 Å². The first-order chi connectivity index (χ1) is 14.1. The van der Waals surface area contributed by atoms with Crippen LogP contribution in [-0.2, 0) is 12.4 Å². The monoisotopic (exact) mass is 496 g/mol. The first-order valence-electron chi connectivity index (χ1n) is 7.90. The van der Waals surface area contributed by atoms with Crippen molar-refractivity contribution in [2.24, 2.45) is 0 Å². The molecule has 0 saturated heterocycles. The zero-order valence-corrected chi connectivity index (χ0v) is 16.2. The standard InChI is InChI=1S/C17H10Cl2F8N2O2/c18-13(19)17(26,27)31-12-3-1-2-10(7-12)28-14(30)29-11-5-8(15(20,21)22)4-9(6-11)16(23,24)25/h1-7,13H,(H2,28,29,30). The molecule has 31 heavy (non-hydrogen) atoms. The number of carbonyl (C=O) groups excluding carboxylic acids is 1. The Morgan fingerprint density at radius 3 is 1.81 bits per heavy atom. The number of carbonyl (C=O) groups is 1. The average molecular weight is 497 g/mol. The maximum Gasteiger partial charge on any atom is 0.428 e. The van der Waals surface area contributed by atoms with Crippen LogP contribution in [0.5, 0.6) is 5.75 Å². The van der Waals surface area contributed by atoms with Crippen molar-refractivity contribution in [1.29, 1.82) is 0 Å². The number of amides is 2. The molecule has 2 amide bonds. The van der Waals surface area contributed by atoms with E-state index in [0.717, 1.165) is 12.1 Å². The van der Waals surface area contributed by atoms with Crippen LogP contribution in [0.4, 0.5) is 51.3 Å². The largest absolute Gasteiger partial charge is 0.430 e. The second kappa shape index (κ2) is 8.95. The highest BCUT2D eigenvalue weighted by Crippen LogP contribution is 2.37. The number of hydrogen-bond acceptors (Lipinski definition) is 2. The van der Waals surface area contributed by atoms with Gasteiger partial charge in [0.15, 0.2) is 0 Å². The SMILES string of the molecule is O=C(Nc1cccc(OC(F)(F)C(Cl)Cl)c1)Nc1cc(C(F)(F)F)cc(C(F)(F)F)c1. The summed E-state index contributed by atoms with van der Waals surface area (Å²) in [5, 5.41) is 3.88. The van der Waals surface area contributed by atoms with Crippen molar-refractivity contribution in [2.45, 2.75) is 23.3 Å². The van der Waals surface area contributed by atoms with Gasteiger partial charge in [0.25, 0.3) is 0 Å². The molecule has 0 unspecified atom stereocenters. The van der Waals surface area contributed by atoms with E-state index in [-0.39, 0.29) is 11.8 Å². The summed E-state index contributed by atoms with van der Waals surface area (Å²) >= 11 is 10.1. The minimum atomic E-state index is -5.10. The molecule has 0 aliphatic carbocycles. The van der Waals surface area contributed by atoms with Crippen LogP contribution in [0.3, 0.4) is 0 Å². The van der Waals surface area contributed by atoms with Crippen molar-refractivity contribution in [1.82, 2.24) is 0 Å². The lowest BCUT2D eigenvalue weighted by Gasteiger charge is -2.19. The number of halogens is 10. The van der Waals surface area contributed by atoms with Gasteiger partial charge in [-0.05, 0) is 30.3 Å². The Morgan fingerprint density at radius 2 is 1.32 bits per heavy atom. The van der Waals surface area contributed by atoms with E-state index in [4.69, 9.17) is 23.2 Å². The van der Waals surface area contributed by atoms with E-state index in [9.17, 15) is 39.9 Å². The predicted octanol–water partition coefficient (Wildman–Crippen LogP) is 7.14. The van der Waals surface area contributed by atoms with Crippen LogP contribution < -0.4 is 15.4 Å². The molecule has 0 bridgehead atoms. The first kappa shape index (κ1) is 24.8. The molecule has 2 aromatic carbocycles.